The van der Waals surface area contributed by atoms with E-state index in [9.17, 15) is 9.18 Å². The molecule has 0 aliphatic heterocycles. The third-order valence-electron chi connectivity index (χ3n) is 3.63. The molecule has 0 spiro atoms. The molecule has 2 aromatic carbocycles. The fourth-order valence-corrected chi connectivity index (χ4v) is 3.06. The number of aromatic amines is 1. The number of benzene rings is 2. The molecule has 0 unspecified atom stereocenters. The van der Waals surface area contributed by atoms with Crippen molar-refractivity contribution in [2.75, 3.05) is 5.32 Å². The Bertz CT molecular complexity index is 929. The molecule has 3 rings (SSSR count). The molecule has 1 heterocycles. The van der Waals surface area contributed by atoms with Crippen molar-refractivity contribution in [3.8, 4) is 11.4 Å². The minimum absolute atomic E-state index is 0.0854. The normalized spacial score (nSPS) is 12.0. The number of H-pyrrole nitrogens is 1. The zero-order valence-electron chi connectivity index (χ0n) is 14.1. The van der Waals surface area contributed by atoms with Crippen molar-refractivity contribution in [2.24, 2.45) is 0 Å². The first-order valence-electron chi connectivity index (χ1n) is 7.84. The highest BCUT2D eigenvalue weighted by atomic mass is 35.5. The summed E-state index contributed by atoms with van der Waals surface area (Å²) in [6.07, 6.45) is 0. The van der Waals surface area contributed by atoms with Crippen LogP contribution in [-0.4, -0.2) is 26.3 Å². The van der Waals surface area contributed by atoms with Gasteiger partial charge in [-0.3, -0.25) is 9.89 Å². The van der Waals surface area contributed by atoms with Crippen LogP contribution in [0.4, 0.5) is 10.1 Å². The van der Waals surface area contributed by atoms with Gasteiger partial charge < -0.3 is 5.32 Å². The summed E-state index contributed by atoms with van der Waals surface area (Å²) < 4.78 is 13.8. The summed E-state index contributed by atoms with van der Waals surface area (Å²) in [6, 6.07) is 12.0. The highest BCUT2D eigenvalue weighted by Crippen LogP contribution is 2.25. The average molecular weight is 391 g/mol. The first-order chi connectivity index (χ1) is 12.4. The Kier molecular flexibility index (Phi) is 5.58. The Morgan fingerprint density at radius 2 is 2.00 bits per heavy atom. The lowest BCUT2D eigenvalue weighted by Gasteiger charge is -2.10. The molecule has 0 radical (unpaired) electrons. The predicted octanol–water partition coefficient (Wildman–Crippen LogP) is 4.69. The minimum Gasteiger partial charge on any atom is -0.323 e. The van der Waals surface area contributed by atoms with Gasteiger partial charge in [0.2, 0.25) is 11.1 Å². The van der Waals surface area contributed by atoms with E-state index in [1.807, 2.05) is 31.2 Å². The number of anilines is 1. The van der Waals surface area contributed by atoms with Crippen LogP contribution in [0, 0.1) is 12.7 Å². The lowest BCUT2D eigenvalue weighted by atomic mass is 10.1. The maximum absolute atomic E-state index is 13.8. The van der Waals surface area contributed by atoms with E-state index in [-0.39, 0.29) is 16.6 Å². The Morgan fingerprint density at radius 1 is 1.27 bits per heavy atom. The second kappa shape index (κ2) is 7.88. The molecule has 0 bridgehead atoms. The van der Waals surface area contributed by atoms with Crippen LogP contribution in [0.15, 0.2) is 47.6 Å². The Balaban J connectivity index is 1.65. The number of nitrogens with zero attached hydrogens (tertiary/aromatic N) is 2. The molecule has 1 atom stereocenters. The van der Waals surface area contributed by atoms with Crippen LogP contribution in [-0.2, 0) is 4.79 Å². The average Bonchev–Trinajstić information content (AvgIpc) is 3.06. The summed E-state index contributed by atoms with van der Waals surface area (Å²) in [6.45, 7) is 3.71. The van der Waals surface area contributed by atoms with Crippen molar-refractivity contribution < 1.29 is 9.18 Å². The van der Waals surface area contributed by atoms with Crippen molar-refractivity contribution in [1.82, 2.24) is 15.2 Å². The van der Waals surface area contributed by atoms with Crippen molar-refractivity contribution in [1.29, 1.82) is 0 Å². The number of thioether (sulfide) groups is 1. The molecule has 3 aromatic rings. The lowest BCUT2D eigenvalue weighted by molar-refractivity contribution is -0.115. The van der Waals surface area contributed by atoms with Gasteiger partial charge in [0.1, 0.15) is 5.82 Å². The fourth-order valence-electron chi connectivity index (χ4n) is 2.18. The van der Waals surface area contributed by atoms with Gasteiger partial charge in [-0.15, -0.1) is 5.10 Å². The zero-order chi connectivity index (χ0) is 18.7. The summed E-state index contributed by atoms with van der Waals surface area (Å²) in [5, 5.41) is 9.74. The Labute approximate surface area is 159 Å². The maximum atomic E-state index is 13.8. The molecule has 134 valence electrons. The Hall–Kier alpha value is -2.38. The second-order valence-corrected chi connectivity index (χ2v) is 7.45. The van der Waals surface area contributed by atoms with E-state index in [2.05, 4.69) is 20.5 Å². The van der Waals surface area contributed by atoms with E-state index in [0.29, 0.717) is 11.0 Å². The van der Waals surface area contributed by atoms with Gasteiger partial charge in [-0.1, -0.05) is 53.2 Å². The van der Waals surface area contributed by atoms with Crippen LogP contribution < -0.4 is 5.32 Å². The first-order valence-corrected chi connectivity index (χ1v) is 9.10. The number of aryl methyl sites for hydroxylation is 1. The molecule has 1 amide bonds. The van der Waals surface area contributed by atoms with Gasteiger partial charge in [0, 0.05) is 10.6 Å². The number of amides is 1. The molecule has 0 saturated heterocycles. The van der Waals surface area contributed by atoms with E-state index in [0.717, 1.165) is 17.2 Å². The summed E-state index contributed by atoms with van der Waals surface area (Å²) in [4.78, 5) is 16.7. The number of carbonyl (C=O) groups is 1. The fraction of sp³-hybridized carbons (Fsp3) is 0.167. The van der Waals surface area contributed by atoms with Gasteiger partial charge in [-0.25, -0.2) is 9.37 Å². The topological polar surface area (TPSA) is 70.7 Å². The molecule has 0 fully saturated rings. The molecule has 1 aromatic heterocycles. The number of nitrogens with one attached hydrogen (secondary N) is 2. The van der Waals surface area contributed by atoms with Gasteiger partial charge >= 0.3 is 0 Å². The standard InChI is InChI=1S/C18H16ClFN4OS/c1-10-3-5-12(6-4-10)16-22-18(24-23-16)26-11(2)17(25)21-15-8-7-13(19)9-14(15)20/h3-9,11H,1-2H3,(H,21,25)(H,22,23,24)/t11-/m1/s1. The van der Waals surface area contributed by atoms with Crippen molar-refractivity contribution in [2.45, 2.75) is 24.3 Å². The zero-order valence-corrected chi connectivity index (χ0v) is 15.7. The smallest absolute Gasteiger partial charge is 0.237 e. The molecule has 8 heteroatoms. The number of rotatable bonds is 5. The summed E-state index contributed by atoms with van der Waals surface area (Å²) in [5.41, 5.74) is 2.15. The van der Waals surface area contributed by atoms with E-state index < -0.39 is 11.1 Å². The van der Waals surface area contributed by atoms with E-state index >= 15 is 0 Å². The quantitative estimate of drug-likeness (QED) is 0.620. The third kappa shape index (κ3) is 4.42. The van der Waals surface area contributed by atoms with Gasteiger partial charge in [-0.05, 0) is 32.0 Å². The number of carbonyl (C=O) groups excluding carboxylic acids is 1. The molecule has 26 heavy (non-hydrogen) atoms. The largest absolute Gasteiger partial charge is 0.323 e. The van der Waals surface area contributed by atoms with Crippen molar-refractivity contribution in [3.05, 3.63) is 58.9 Å². The molecular weight excluding hydrogens is 375 g/mol. The molecule has 0 aliphatic rings. The van der Waals surface area contributed by atoms with Gasteiger partial charge in [0.15, 0.2) is 5.82 Å². The third-order valence-corrected chi connectivity index (χ3v) is 4.83. The summed E-state index contributed by atoms with van der Waals surface area (Å²) in [5.74, 6) is -0.302. The lowest BCUT2D eigenvalue weighted by Crippen LogP contribution is -2.23. The molecule has 2 N–H and O–H groups in total. The number of halogens is 2. The summed E-state index contributed by atoms with van der Waals surface area (Å²) in [7, 11) is 0. The molecule has 5 nitrogen and oxygen atoms in total. The number of hydrogen-bond donors (Lipinski definition) is 2. The molecule has 0 saturated carbocycles. The molecular formula is C18H16ClFN4OS. The SMILES string of the molecule is Cc1ccc(-c2nc(S[C@H](C)C(=O)Nc3ccc(Cl)cc3F)n[nH]2)cc1. The van der Waals surface area contributed by atoms with E-state index in [1.165, 1.54) is 23.9 Å². The van der Waals surface area contributed by atoms with Crippen LogP contribution in [0.3, 0.4) is 0 Å². The van der Waals surface area contributed by atoms with Crippen LogP contribution in [0.5, 0.6) is 0 Å². The highest BCUT2D eigenvalue weighted by molar-refractivity contribution is 8.00. The van der Waals surface area contributed by atoms with Gasteiger partial charge in [0.05, 0.1) is 10.9 Å². The minimum atomic E-state index is -0.581. The predicted molar refractivity (Wildman–Crippen MR) is 102 cm³/mol. The molecule has 0 aliphatic carbocycles. The van der Waals surface area contributed by atoms with Crippen molar-refractivity contribution in [3.63, 3.8) is 0 Å². The van der Waals surface area contributed by atoms with Crippen LogP contribution in [0.2, 0.25) is 5.02 Å². The van der Waals surface area contributed by atoms with Crippen LogP contribution in [0.25, 0.3) is 11.4 Å². The first kappa shape index (κ1) is 18.4. The van der Waals surface area contributed by atoms with Crippen LogP contribution in [0.1, 0.15) is 12.5 Å². The Morgan fingerprint density at radius 3 is 2.69 bits per heavy atom. The van der Waals surface area contributed by atoms with Crippen molar-refractivity contribution >= 4 is 35.0 Å². The second-order valence-electron chi connectivity index (χ2n) is 5.71. The van der Waals surface area contributed by atoms with Crippen LogP contribution >= 0.6 is 23.4 Å². The van der Waals surface area contributed by atoms with E-state index in [1.54, 1.807) is 6.92 Å². The monoisotopic (exact) mass is 390 g/mol. The van der Waals surface area contributed by atoms with Gasteiger partial charge in [-0.2, -0.15) is 0 Å². The van der Waals surface area contributed by atoms with E-state index in [4.69, 9.17) is 11.6 Å². The number of aromatic nitrogens is 3. The summed E-state index contributed by atoms with van der Waals surface area (Å²) >= 11 is 6.89. The van der Waals surface area contributed by atoms with Gasteiger partial charge in [0.25, 0.3) is 0 Å². The maximum Gasteiger partial charge on any atom is 0.237 e. The highest BCUT2D eigenvalue weighted by Gasteiger charge is 2.19. The number of hydrogen-bond acceptors (Lipinski definition) is 4.